The topological polar surface area (TPSA) is 72.8 Å². The average molecular weight is 380 g/mol. The van der Waals surface area contributed by atoms with Crippen LogP contribution in [0.15, 0.2) is 83.7 Å². The van der Waals surface area contributed by atoms with Crippen LogP contribution in [0.3, 0.4) is 0 Å². The van der Waals surface area contributed by atoms with Gasteiger partial charge in [-0.15, -0.1) is 0 Å². The number of para-hydroxylation sites is 1. The van der Waals surface area contributed by atoms with Gasteiger partial charge in [-0.25, -0.2) is 4.98 Å². The minimum absolute atomic E-state index is 0.136. The van der Waals surface area contributed by atoms with Gasteiger partial charge >= 0.3 is 0 Å². The first-order chi connectivity index (χ1) is 14.2. The number of nitriles is 1. The third kappa shape index (κ3) is 4.40. The highest BCUT2D eigenvalue weighted by Gasteiger charge is 2.13. The van der Waals surface area contributed by atoms with Crippen LogP contribution in [0, 0.1) is 11.3 Å². The first kappa shape index (κ1) is 18.6. The van der Waals surface area contributed by atoms with Gasteiger partial charge in [0.05, 0.1) is 29.1 Å². The van der Waals surface area contributed by atoms with E-state index in [1.54, 1.807) is 6.07 Å². The number of fused-ring (bicyclic) bond motifs is 1. The summed E-state index contributed by atoms with van der Waals surface area (Å²) in [6, 6.07) is 27.3. The van der Waals surface area contributed by atoms with Crippen molar-refractivity contribution in [1.29, 1.82) is 5.26 Å². The van der Waals surface area contributed by atoms with Gasteiger partial charge in [0.1, 0.15) is 5.82 Å². The summed E-state index contributed by atoms with van der Waals surface area (Å²) in [5.41, 5.74) is 3.32. The van der Waals surface area contributed by atoms with Gasteiger partial charge in [-0.2, -0.15) is 5.26 Å². The molecule has 0 spiro atoms. The Morgan fingerprint density at radius 2 is 1.59 bits per heavy atom. The summed E-state index contributed by atoms with van der Waals surface area (Å²) in [5, 5.41) is 10.0. The Morgan fingerprint density at radius 1 is 0.862 bits per heavy atom. The molecule has 0 saturated carbocycles. The molecule has 0 aliphatic rings. The normalized spacial score (nSPS) is 10.9. The van der Waals surface area contributed by atoms with Crippen molar-refractivity contribution in [3.05, 3.63) is 112 Å². The van der Waals surface area contributed by atoms with Crippen molar-refractivity contribution in [3.8, 4) is 6.07 Å². The van der Waals surface area contributed by atoms with E-state index in [0.717, 1.165) is 11.1 Å². The van der Waals surface area contributed by atoms with Crippen molar-refractivity contribution >= 4 is 10.9 Å². The minimum atomic E-state index is -0.136. The van der Waals surface area contributed by atoms with Crippen molar-refractivity contribution in [2.45, 2.75) is 19.6 Å². The third-order valence-corrected chi connectivity index (χ3v) is 4.82. The van der Waals surface area contributed by atoms with E-state index >= 15 is 0 Å². The molecule has 0 unspecified atom stereocenters. The number of hydrogen-bond acceptors (Lipinski definition) is 4. The van der Waals surface area contributed by atoms with Crippen LogP contribution >= 0.6 is 0 Å². The number of benzene rings is 3. The van der Waals surface area contributed by atoms with E-state index in [1.807, 2.05) is 60.7 Å². The van der Waals surface area contributed by atoms with E-state index < -0.39 is 0 Å². The molecule has 1 N–H and O–H groups in total. The highest BCUT2D eigenvalue weighted by molar-refractivity contribution is 5.77. The van der Waals surface area contributed by atoms with Crippen LogP contribution in [0.5, 0.6) is 0 Å². The summed E-state index contributed by atoms with van der Waals surface area (Å²) in [7, 11) is 0. The molecule has 0 radical (unpaired) electrons. The van der Waals surface area contributed by atoms with Crippen LogP contribution in [0.1, 0.15) is 22.5 Å². The monoisotopic (exact) mass is 380 g/mol. The van der Waals surface area contributed by atoms with Crippen molar-refractivity contribution in [2.75, 3.05) is 0 Å². The van der Waals surface area contributed by atoms with Gasteiger partial charge in [-0.1, -0.05) is 60.7 Å². The zero-order valence-corrected chi connectivity index (χ0v) is 15.9. The zero-order chi connectivity index (χ0) is 20.1. The van der Waals surface area contributed by atoms with E-state index in [-0.39, 0.29) is 5.56 Å². The van der Waals surface area contributed by atoms with E-state index in [2.05, 4.69) is 33.1 Å². The minimum Gasteiger partial charge on any atom is -0.309 e. The lowest BCUT2D eigenvalue weighted by molar-refractivity contribution is 0.241. The van der Waals surface area contributed by atoms with E-state index in [9.17, 15) is 10.1 Å². The second-order valence-corrected chi connectivity index (χ2v) is 6.93. The molecular weight excluding hydrogens is 360 g/mol. The van der Waals surface area contributed by atoms with Gasteiger partial charge < -0.3 is 4.98 Å². The molecule has 0 amide bonds. The Hall–Kier alpha value is -3.75. The second-order valence-electron chi connectivity index (χ2n) is 6.93. The van der Waals surface area contributed by atoms with Gasteiger partial charge in [-0.3, -0.25) is 9.69 Å². The predicted molar refractivity (Wildman–Crippen MR) is 113 cm³/mol. The molecule has 4 rings (SSSR count). The Bertz CT molecular complexity index is 1220. The van der Waals surface area contributed by atoms with Crippen LogP contribution < -0.4 is 5.56 Å². The SMILES string of the molecule is N#Cc1ccccc1CN(Cc1ccccc1)Cc1nc2ccccc2c(=O)[nH]1. The molecule has 0 fully saturated rings. The molecule has 5 heteroatoms. The Labute approximate surface area is 168 Å². The number of aromatic nitrogens is 2. The number of H-pyrrole nitrogens is 1. The van der Waals surface area contributed by atoms with Crippen LogP contribution in [0.4, 0.5) is 0 Å². The fourth-order valence-corrected chi connectivity index (χ4v) is 3.44. The molecule has 1 aromatic heterocycles. The first-order valence-electron chi connectivity index (χ1n) is 9.45. The van der Waals surface area contributed by atoms with Crippen molar-refractivity contribution in [1.82, 2.24) is 14.9 Å². The zero-order valence-electron chi connectivity index (χ0n) is 15.9. The molecule has 142 valence electrons. The molecule has 1 heterocycles. The molecule has 4 aromatic rings. The Morgan fingerprint density at radius 3 is 2.41 bits per heavy atom. The molecule has 29 heavy (non-hydrogen) atoms. The van der Waals surface area contributed by atoms with Gasteiger partial charge in [0.15, 0.2) is 0 Å². The number of aromatic amines is 1. The van der Waals surface area contributed by atoms with Crippen molar-refractivity contribution < 1.29 is 0 Å². The van der Waals surface area contributed by atoms with Gasteiger partial charge in [0.2, 0.25) is 0 Å². The predicted octanol–water partition coefficient (Wildman–Crippen LogP) is 4.00. The van der Waals surface area contributed by atoms with Crippen molar-refractivity contribution in [2.24, 2.45) is 0 Å². The second kappa shape index (κ2) is 8.51. The summed E-state index contributed by atoms with van der Waals surface area (Å²) in [4.78, 5) is 22.2. The van der Waals surface area contributed by atoms with E-state index in [1.165, 1.54) is 0 Å². The summed E-state index contributed by atoms with van der Waals surface area (Å²) in [5.74, 6) is 0.610. The average Bonchev–Trinajstić information content (AvgIpc) is 2.75. The molecule has 0 atom stereocenters. The maximum absolute atomic E-state index is 12.4. The van der Waals surface area contributed by atoms with E-state index in [0.29, 0.717) is 41.9 Å². The lowest BCUT2D eigenvalue weighted by Gasteiger charge is -2.22. The summed E-state index contributed by atoms with van der Waals surface area (Å²) >= 11 is 0. The standard InChI is InChI=1S/C24H20N4O/c25-14-19-10-4-5-11-20(19)16-28(15-18-8-2-1-3-9-18)17-23-26-22-13-7-6-12-21(22)24(29)27-23/h1-13H,15-17H2,(H,26,27,29). The molecule has 0 saturated heterocycles. The summed E-state index contributed by atoms with van der Waals surface area (Å²) < 4.78 is 0. The maximum atomic E-state index is 12.4. The Kier molecular flexibility index (Phi) is 5.46. The quantitative estimate of drug-likeness (QED) is 0.549. The summed E-state index contributed by atoms with van der Waals surface area (Å²) in [6.45, 7) is 1.72. The van der Waals surface area contributed by atoms with Gasteiger partial charge in [-0.05, 0) is 29.3 Å². The van der Waals surface area contributed by atoms with Crippen LogP contribution in [-0.2, 0) is 19.6 Å². The Balaban J connectivity index is 1.66. The van der Waals surface area contributed by atoms with Crippen molar-refractivity contribution in [3.63, 3.8) is 0 Å². The van der Waals surface area contributed by atoms with Gasteiger partial charge in [0.25, 0.3) is 5.56 Å². The third-order valence-electron chi connectivity index (χ3n) is 4.82. The molecule has 5 nitrogen and oxygen atoms in total. The lowest BCUT2D eigenvalue weighted by Crippen LogP contribution is -2.25. The molecule has 3 aromatic carbocycles. The highest BCUT2D eigenvalue weighted by atomic mass is 16.1. The molecule has 0 aliphatic heterocycles. The molecular formula is C24H20N4O. The largest absolute Gasteiger partial charge is 0.309 e. The lowest BCUT2D eigenvalue weighted by atomic mass is 10.1. The fourth-order valence-electron chi connectivity index (χ4n) is 3.44. The highest BCUT2D eigenvalue weighted by Crippen LogP contribution is 2.16. The number of nitrogens with zero attached hydrogens (tertiary/aromatic N) is 3. The molecule has 0 aliphatic carbocycles. The van der Waals surface area contributed by atoms with Gasteiger partial charge in [0, 0.05) is 13.1 Å². The van der Waals surface area contributed by atoms with E-state index in [4.69, 9.17) is 0 Å². The smallest absolute Gasteiger partial charge is 0.258 e. The number of hydrogen-bond donors (Lipinski definition) is 1. The summed E-state index contributed by atoms with van der Waals surface area (Å²) in [6.07, 6.45) is 0. The fraction of sp³-hybridized carbons (Fsp3) is 0.125. The molecule has 0 bridgehead atoms. The van der Waals surface area contributed by atoms with Crippen LogP contribution in [0.25, 0.3) is 10.9 Å². The van der Waals surface area contributed by atoms with Crippen LogP contribution in [0.2, 0.25) is 0 Å². The first-order valence-corrected chi connectivity index (χ1v) is 9.45. The number of rotatable bonds is 6. The maximum Gasteiger partial charge on any atom is 0.258 e. The number of nitrogens with one attached hydrogen (secondary N) is 1. The van der Waals surface area contributed by atoms with Crippen LogP contribution in [-0.4, -0.2) is 14.9 Å².